The number of rotatable bonds is 5. The van der Waals surface area contributed by atoms with Crippen LogP contribution in [-0.2, 0) is 6.54 Å². The maximum atomic E-state index is 4.27. The quantitative estimate of drug-likeness (QED) is 0.365. The summed E-state index contributed by atoms with van der Waals surface area (Å²) in [6.07, 6.45) is 11.6. The summed E-state index contributed by atoms with van der Waals surface area (Å²) in [4.78, 5) is 4.24. The van der Waals surface area contributed by atoms with Gasteiger partial charge in [-0.3, -0.25) is 9.67 Å². The third-order valence-electron chi connectivity index (χ3n) is 3.19. The van der Waals surface area contributed by atoms with Gasteiger partial charge >= 0.3 is 0 Å². The Morgan fingerprint density at radius 3 is 2.89 bits per heavy atom. The number of aromatic nitrogens is 2. The fourth-order valence-electron chi connectivity index (χ4n) is 2.16. The van der Waals surface area contributed by atoms with Gasteiger partial charge in [0, 0.05) is 32.4 Å². The summed E-state index contributed by atoms with van der Waals surface area (Å²) in [5.74, 6) is 0.894. The first-order valence-electron chi connectivity index (χ1n) is 6.89. The van der Waals surface area contributed by atoms with Crippen LogP contribution in [0.4, 0.5) is 0 Å². The van der Waals surface area contributed by atoms with Gasteiger partial charge in [0.05, 0.1) is 6.20 Å². The molecule has 5 heteroatoms. The molecule has 0 bridgehead atoms. The number of nitrogens with zero attached hydrogens (tertiary/aromatic N) is 3. The van der Waals surface area contributed by atoms with Gasteiger partial charge in [0.2, 0.25) is 0 Å². The second-order valence-corrected chi connectivity index (χ2v) is 4.92. The van der Waals surface area contributed by atoms with Crippen molar-refractivity contribution >= 4 is 5.96 Å². The highest BCUT2D eigenvalue weighted by Crippen LogP contribution is 2.08. The highest BCUT2D eigenvalue weighted by molar-refractivity contribution is 5.80. The van der Waals surface area contributed by atoms with Crippen LogP contribution in [0.2, 0.25) is 0 Å². The minimum atomic E-state index is 0.500. The van der Waals surface area contributed by atoms with E-state index in [9.17, 15) is 0 Å². The molecule has 0 radical (unpaired) electrons. The normalized spacial score (nSPS) is 16.0. The summed E-state index contributed by atoms with van der Waals surface area (Å²) in [6, 6.07) is 0.500. The van der Waals surface area contributed by atoms with Crippen LogP contribution in [0.25, 0.3) is 0 Å². The molecule has 1 aromatic rings. The average Bonchev–Trinajstić information content (AvgIpc) is 3.05. The minimum absolute atomic E-state index is 0.500. The molecule has 2 N–H and O–H groups in total. The molecule has 0 unspecified atom stereocenters. The van der Waals surface area contributed by atoms with Gasteiger partial charge in [-0.15, -0.1) is 0 Å². The highest BCUT2D eigenvalue weighted by atomic mass is 15.3. The highest BCUT2D eigenvalue weighted by Gasteiger charge is 2.10. The Labute approximate surface area is 114 Å². The fourth-order valence-corrected chi connectivity index (χ4v) is 2.16. The lowest BCUT2D eigenvalue weighted by Crippen LogP contribution is -2.42. The van der Waals surface area contributed by atoms with Gasteiger partial charge in [-0.25, -0.2) is 0 Å². The Hall–Kier alpha value is -1.78. The third kappa shape index (κ3) is 4.43. The summed E-state index contributed by atoms with van der Waals surface area (Å²) in [5, 5.41) is 11.0. The van der Waals surface area contributed by atoms with E-state index in [-0.39, 0.29) is 0 Å². The molecule has 0 aromatic carbocycles. The van der Waals surface area contributed by atoms with Crippen molar-refractivity contribution in [2.75, 3.05) is 13.6 Å². The zero-order valence-electron chi connectivity index (χ0n) is 11.8. The molecule has 0 saturated carbocycles. The van der Waals surface area contributed by atoms with Crippen molar-refractivity contribution < 1.29 is 0 Å². The first-order valence-corrected chi connectivity index (χ1v) is 6.89. The van der Waals surface area contributed by atoms with Crippen LogP contribution < -0.4 is 10.6 Å². The number of hydrogen-bond acceptors (Lipinski definition) is 2. The van der Waals surface area contributed by atoms with Crippen LogP contribution in [0, 0.1) is 6.92 Å². The molecule has 1 heterocycles. The predicted octanol–water partition coefficient (Wildman–Crippen LogP) is 1.47. The van der Waals surface area contributed by atoms with Crippen LogP contribution >= 0.6 is 0 Å². The summed E-state index contributed by atoms with van der Waals surface area (Å²) >= 11 is 0. The lowest BCUT2D eigenvalue weighted by atomic mass is 10.2. The van der Waals surface area contributed by atoms with Gasteiger partial charge in [0.25, 0.3) is 0 Å². The summed E-state index contributed by atoms with van der Waals surface area (Å²) in [7, 11) is 1.81. The average molecular weight is 261 g/mol. The first kappa shape index (κ1) is 13.6. The van der Waals surface area contributed by atoms with Crippen molar-refractivity contribution in [1.82, 2.24) is 20.4 Å². The Morgan fingerprint density at radius 2 is 2.26 bits per heavy atom. The topological polar surface area (TPSA) is 54.2 Å². The summed E-state index contributed by atoms with van der Waals surface area (Å²) < 4.78 is 1.98. The molecule has 5 nitrogen and oxygen atoms in total. The second kappa shape index (κ2) is 6.97. The van der Waals surface area contributed by atoms with E-state index in [0.717, 1.165) is 38.3 Å². The smallest absolute Gasteiger partial charge is 0.191 e. The molecule has 0 aliphatic heterocycles. The van der Waals surface area contributed by atoms with E-state index in [4.69, 9.17) is 0 Å². The maximum absolute atomic E-state index is 4.27. The van der Waals surface area contributed by atoms with Crippen LogP contribution in [-0.4, -0.2) is 35.4 Å². The molecular weight excluding hydrogens is 238 g/mol. The third-order valence-corrected chi connectivity index (χ3v) is 3.19. The molecule has 0 atom stereocenters. The molecule has 0 fully saturated rings. The largest absolute Gasteiger partial charge is 0.356 e. The summed E-state index contributed by atoms with van der Waals surface area (Å²) in [6.45, 7) is 3.89. The monoisotopic (exact) mass is 261 g/mol. The van der Waals surface area contributed by atoms with Crippen molar-refractivity contribution in [1.29, 1.82) is 0 Å². The fraction of sp³-hybridized carbons (Fsp3) is 0.571. The van der Waals surface area contributed by atoms with Gasteiger partial charge in [0.1, 0.15) is 0 Å². The molecule has 104 valence electrons. The standard InChI is InChI=1S/C14H23N5/c1-12-10-17-19(11-12)9-5-8-16-14(15-2)18-13-6-3-4-7-13/h3-4,10-11,13H,5-9H2,1-2H3,(H2,15,16,18). The molecule has 2 rings (SSSR count). The maximum Gasteiger partial charge on any atom is 0.191 e. The molecule has 0 saturated heterocycles. The Kier molecular flexibility index (Phi) is 5.01. The molecule has 1 aliphatic rings. The van der Waals surface area contributed by atoms with Crippen molar-refractivity contribution in [2.45, 2.75) is 38.8 Å². The van der Waals surface area contributed by atoms with Gasteiger partial charge in [-0.1, -0.05) is 12.2 Å². The molecule has 19 heavy (non-hydrogen) atoms. The number of hydrogen-bond donors (Lipinski definition) is 2. The predicted molar refractivity (Wildman–Crippen MR) is 78.2 cm³/mol. The Morgan fingerprint density at radius 1 is 1.47 bits per heavy atom. The number of guanidine groups is 1. The van der Waals surface area contributed by atoms with E-state index in [1.54, 1.807) is 0 Å². The SMILES string of the molecule is CN=C(NCCCn1cc(C)cn1)NC1CC=CC1. The van der Waals surface area contributed by atoms with Crippen LogP contribution in [0.15, 0.2) is 29.5 Å². The zero-order chi connectivity index (χ0) is 13.5. The molecule has 0 spiro atoms. The van der Waals surface area contributed by atoms with Gasteiger partial charge in [-0.2, -0.15) is 5.10 Å². The molecular formula is C14H23N5. The van der Waals surface area contributed by atoms with Crippen molar-refractivity contribution in [3.8, 4) is 0 Å². The number of aryl methyl sites for hydroxylation is 2. The van der Waals surface area contributed by atoms with E-state index >= 15 is 0 Å². The lowest BCUT2D eigenvalue weighted by Gasteiger charge is -2.16. The van der Waals surface area contributed by atoms with Crippen LogP contribution in [0.1, 0.15) is 24.8 Å². The lowest BCUT2D eigenvalue weighted by molar-refractivity contribution is 0.564. The summed E-state index contributed by atoms with van der Waals surface area (Å²) in [5.41, 5.74) is 1.21. The minimum Gasteiger partial charge on any atom is -0.356 e. The Bertz CT molecular complexity index is 438. The van der Waals surface area contributed by atoms with Crippen molar-refractivity contribution in [2.24, 2.45) is 4.99 Å². The second-order valence-electron chi connectivity index (χ2n) is 4.92. The number of aliphatic imine (C=N–C) groups is 1. The van der Waals surface area contributed by atoms with Gasteiger partial charge < -0.3 is 10.6 Å². The van der Waals surface area contributed by atoms with Gasteiger partial charge in [0.15, 0.2) is 5.96 Å². The van der Waals surface area contributed by atoms with E-state index in [2.05, 4.69) is 46.0 Å². The molecule has 1 aliphatic carbocycles. The van der Waals surface area contributed by atoms with Gasteiger partial charge in [-0.05, 0) is 31.7 Å². The van der Waals surface area contributed by atoms with E-state index in [1.807, 2.05) is 17.9 Å². The van der Waals surface area contributed by atoms with E-state index < -0.39 is 0 Å². The molecule has 0 amide bonds. The molecule has 1 aromatic heterocycles. The van der Waals surface area contributed by atoms with E-state index in [1.165, 1.54) is 5.56 Å². The van der Waals surface area contributed by atoms with E-state index in [0.29, 0.717) is 6.04 Å². The van der Waals surface area contributed by atoms with Crippen molar-refractivity contribution in [3.63, 3.8) is 0 Å². The first-order chi connectivity index (χ1) is 9.28. The zero-order valence-corrected chi connectivity index (χ0v) is 11.8. The van der Waals surface area contributed by atoms with Crippen molar-refractivity contribution in [3.05, 3.63) is 30.1 Å². The number of nitrogens with one attached hydrogen (secondary N) is 2. The Balaban J connectivity index is 1.63. The van der Waals surface area contributed by atoms with Crippen LogP contribution in [0.5, 0.6) is 0 Å². The van der Waals surface area contributed by atoms with Crippen LogP contribution in [0.3, 0.4) is 0 Å².